The Morgan fingerprint density at radius 1 is 0.585 bits per heavy atom. The molecule has 3 aromatic carbocycles. The molecule has 2 unspecified atom stereocenters. The van der Waals surface area contributed by atoms with Crippen LogP contribution < -0.4 is 15.5 Å². The topological polar surface area (TPSA) is 178 Å². The van der Waals surface area contributed by atoms with Crippen molar-refractivity contribution in [3.8, 4) is 22.5 Å². The molecule has 3 fully saturated rings. The molecule has 4 N–H and O–H groups in total. The van der Waals surface area contributed by atoms with Gasteiger partial charge < -0.3 is 44.8 Å². The number of hydrogen-bond acceptors (Lipinski definition) is 9. The SMILES string of the molecule is COC(=O)N[C@H](C(=O)N1CCC[C@H]1c1ncc(-c2ccc(C3CCC(c4ccc(-c5cnc([C@@H]6CCCN6C(=O)[C@@H](NC(=O)OC)C(C)C)[nH]5)cc4)N3c3ccccc3)cc2)[nH]1)C(C)C. The van der Waals surface area contributed by atoms with E-state index in [0.717, 1.165) is 72.7 Å². The molecule has 3 saturated heterocycles. The van der Waals surface area contributed by atoms with Gasteiger partial charge in [-0.05, 0) is 84.7 Å². The van der Waals surface area contributed by atoms with Crippen LogP contribution in [0.25, 0.3) is 22.5 Å². The van der Waals surface area contributed by atoms with Crippen LogP contribution in [0.4, 0.5) is 15.3 Å². The lowest BCUT2D eigenvalue weighted by atomic mass is 10.0. The summed E-state index contributed by atoms with van der Waals surface area (Å²) in [5.74, 6) is 0.995. The van der Waals surface area contributed by atoms with Crippen molar-refractivity contribution in [1.29, 1.82) is 0 Å². The number of alkyl carbamates (subject to hydrolysis) is 2. The zero-order chi connectivity index (χ0) is 45.8. The van der Waals surface area contributed by atoms with E-state index in [4.69, 9.17) is 19.4 Å². The average molecular weight is 884 g/mol. The number of aromatic amines is 2. The zero-order valence-corrected chi connectivity index (χ0v) is 38.1. The molecule has 0 bridgehead atoms. The lowest BCUT2D eigenvalue weighted by molar-refractivity contribution is -0.136. The van der Waals surface area contributed by atoms with E-state index in [1.807, 2.05) is 49.9 Å². The van der Waals surface area contributed by atoms with Gasteiger partial charge in [0, 0.05) is 18.8 Å². The van der Waals surface area contributed by atoms with E-state index in [2.05, 4.69) is 104 Å². The van der Waals surface area contributed by atoms with Crippen LogP contribution in [0.15, 0.2) is 91.3 Å². The van der Waals surface area contributed by atoms with E-state index in [1.165, 1.54) is 31.0 Å². The van der Waals surface area contributed by atoms with Crippen LogP contribution in [0.3, 0.4) is 0 Å². The average Bonchev–Trinajstić information content (AvgIpc) is 4.19. The van der Waals surface area contributed by atoms with Crippen molar-refractivity contribution in [2.75, 3.05) is 32.2 Å². The minimum Gasteiger partial charge on any atom is -0.453 e. The van der Waals surface area contributed by atoms with Crippen molar-refractivity contribution in [2.24, 2.45) is 11.8 Å². The first-order valence-corrected chi connectivity index (χ1v) is 22.9. The highest BCUT2D eigenvalue weighted by Gasteiger charge is 2.40. The standard InChI is InChI=1S/C50H61N9O6/c1-30(2)43(55-49(62)64-5)47(60)57-26-10-14-41(57)45-51-28-37(53-45)32-16-20-34(21-17-32)39-24-25-40(59(39)36-12-8-7-9-13-36)35-22-18-33(19-23-35)38-29-52-46(54-38)42-15-11-27-58(42)48(61)44(31(3)4)56-50(63)65-6/h7-9,12-13,16-23,28-31,39-44H,10-11,14-15,24-27H2,1-6H3,(H,51,53)(H,52,54)(H,55,62)(H,56,63)/t39?,40?,41-,42-,43-,44-/m0/s1. The predicted molar refractivity (Wildman–Crippen MR) is 247 cm³/mol. The van der Waals surface area contributed by atoms with Crippen molar-refractivity contribution in [3.05, 3.63) is 114 Å². The Morgan fingerprint density at radius 3 is 1.38 bits per heavy atom. The largest absolute Gasteiger partial charge is 0.453 e. The van der Waals surface area contributed by atoms with Crippen LogP contribution in [0.2, 0.25) is 0 Å². The maximum Gasteiger partial charge on any atom is 0.407 e. The molecule has 65 heavy (non-hydrogen) atoms. The Balaban J connectivity index is 0.964. The molecule has 8 rings (SSSR count). The summed E-state index contributed by atoms with van der Waals surface area (Å²) in [5.41, 5.74) is 7.41. The minimum absolute atomic E-state index is 0.108. The summed E-state index contributed by atoms with van der Waals surface area (Å²) < 4.78 is 9.59. The molecule has 0 saturated carbocycles. The number of amides is 4. The minimum atomic E-state index is -0.691. The number of aromatic nitrogens is 4. The van der Waals surface area contributed by atoms with Crippen LogP contribution in [0, 0.1) is 11.8 Å². The van der Waals surface area contributed by atoms with Gasteiger partial charge in [-0.2, -0.15) is 0 Å². The second-order valence-electron chi connectivity index (χ2n) is 18.1. The van der Waals surface area contributed by atoms with E-state index in [9.17, 15) is 19.2 Å². The monoisotopic (exact) mass is 883 g/mol. The number of carbonyl (C=O) groups is 4. The number of hydrogen-bond donors (Lipinski definition) is 4. The number of nitrogens with zero attached hydrogens (tertiary/aromatic N) is 5. The molecule has 5 aromatic rings. The van der Waals surface area contributed by atoms with Crippen LogP contribution in [0.5, 0.6) is 0 Å². The number of ether oxygens (including phenoxy) is 2. The molecule has 3 aliphatic rings. The lowest BCUT2D eigenvalue weighted by Crippen LogP contribution is -2.51. The van der Waals surface area contributed by atoms with Crippen molar-refractivity contribution >= 4 is 29.7 Å². The molecule has 342 valence electrons. The van der Waals surface area contributed by atoms with Gasteiger partial charge in [-0.3, -0.25) is 9.59 Å². The van der Waals surface area contributed by atoms with Crippen LogP contribution >= 0.6 is 0 Å². The van der Waals surface area contributed by atoms with Gasteiger partial charge in [0.15, 0.2) is 0 Å². The fraction of sp³-hybridized carbons (Fsp3) is 0.440. The van der Waals surface area contributed by atoms with Gasteiger partial charge in [-0.25, -0.2) is 19.6 Å². The Kier molecular flexibility index (Phi) is 13.6. The number of likely N-dealkylation sites (tertiary alicyclic amines) is 2. The summed E-state index contributed by atoms with van der Waals surface area (Å²) in [6.07, 6.45) is 7.68. The van der Waals surface area contributed by atoms with Gasteiger partial charge in [-0.15, -0.1) is 0 Å². The summed E-state index contributed by atoms with van der Waals surface area (Å²) in [6.45, 7) is 8.84. The molecule has 0 spiro atoms. The smallest absolute Gasteiger partial charge is 0.407 e. The summed E-state index contributed by atoms with van der Waals surface area (Å²) in [6, 6.07) is 26.6. The molecule has 5 heterocycles. The van der Waals surface area contributed by atoms with Gasteiger partial charge in [-0.1, -0.05) is 94.4 Å². The first kappa shape index (κ1) is 44.9. The van der Waals surface area contributed by atoms with Gasteiger partial charge in [0.2, 0.25) is 11.8 Å². The van der Waals surface area contributed by atoms with Crippen LogP contribution in [-0.2, 0) is 19.1 Å². The highest BCUT2D eigenvalue weighted by molar-refractivity contribution is 5.87. The molecule has 3 aliphatic heterocycles. The highest BCUT2D eigenvalue weighted by Crippen LogP contribution is 2.47. The second kappa shape index (κ2) is 19.6. The number of methoxy groups -OCH3 is 2. The Morgan fingerprint density at radius 2 is 1.00 bits per heavy atom. The van der Waals surface area contributed by atoms with E-state index in [1.54, 1.807) is 0 Å². The summed E-state index contributed by atoms with van der Waals surface area (Å²) in [5, 5.41) is 5.44. The zero-order valence-electron chi connectivity index (χ0n) is 38.1. The van der Waals surface area contributed by atoms with Gasteiger partial charge in [0.05, 0.1) is 62.2 Å². The first-order chi connectivity index (χ1) is 31.4. The van der Waals surface area contributed by atoms with E-state index >= 15 is 0 Å². The third-order valence-corrected chi connectivity index (χ3v) is 13.3. The molecule has 6 atom stereocenters. The quantitative estimate of drug-likeness (QED) is 0.0901. The molecule has 2 aromatic heterocycles. The van der Waals surface area contributed by atoms with Gasteiger partial charge >= 0.3 is 12.2 Å². The van der Waals surface area contributed by atoms with Crippen molar-refractivity contribution in [1.82, 2.24) is 40.4 Å². The van der Waals surface area contributed by atoms with E-state index < -0.39 is 24.3 Å². The number of carbonyl (C=O) groups excluding carboxylic acids is 4. The third kappa shape index (κ3) is 9.45. The van der Waals surface area contributed by atoms with Gasteiger partial charge in [0.25, 0.3) is 0 Å². The molecular formula is C50H61N9O6. The number of H-pyrrole nitrogens is 2. The summed E-state index contributed by atoms with van der Waals surface area (Å²) in [7, 11) is 2.60. The fourth-order valence-electron chi connectivity index (χ4n) is 9.89. The molecular weight excluding hydrogens is 823 g/mol. The third-order valence-electron chi connectivity index (χ3n) is 13.3. The molecule has 15 heteroatoms. The fourth-order valence-corrected chi connectivity index (χ4v) is 9.89. The van der Waals surface area contributed by atoms with Crippen molar-refractivity contribution < 1.29 is 28.7 Å². The van der Waals surface area contributed by atoms with Crippen molar-refractivity contribution in [2.45, 2.75) is 102 Å². The van der Waals surface area contributed by atoms with E-state index in [-0.39, 0.29) is 47.8 Å². The van der Waals surface area contributed by atoms with Gasteiger partial charge in [0.1, 0.15) is 23.7 Å². The molecule has 0 radical (unpaired) electrons. The summed E-state index contributed by atoms with van der Waals surface area (Å²) >= 11 is 0. The maximum absolute atomic E-state index is 13.7. The number of anilines is 1. The normalized spacial score (nSPS) is 20.6. The van der Waals surface area contributed by atoms with Crippen molar-refractivity contribution in [3.63, 3.8) is 0 Å². The second-order valence-corrected chi connectivity index (χ2v) is 18.1. The molecule has 15 nitrogen and oxygen atoms in total. The Bertz CT molecular complexity index is 2280. The number of imidazole rings is 2. The first-order valence-electron chi connectivity index (χ1n) is 22.9. The van der Waals surface area contributed by atoms with Crippen LogP contribution in [-0.4, -0.2) is 93.1 Å². The van der Waals surface area contributed by atoms with E-state index in [0.29, 0.717) is 13.1 Å². The number of para-hydroxylation sites is 1. The number of rotatable bonds is 13. The highest BCUT2D eigenvalue weighted by atomic mass is 16.5. The predicted octanol–water partition coefficient (Wildman–Crippen LogP) is 8.64. The molecule has 0 aliphatic carbocycles. The number of nitrogens with one attached hydrogen (secondary N) is 4. The lowest BCUT2D eigenvalue weighted by Gasteiger charge is -2.33. The summed E-state index contributed by atoms with van der Waals surface area (Å²) in [4.78, 5) is 74.2. The Hall–Kier alpha value is -6.64. The Labute approximate surface area is 380 Å². The number of benzene rings is 3. The van der Waals surface area contributed by atoms with Crippen LogP contribution in [0.1, 0.15) is 113 Å². The maximum atomic E-state index is 13.7. The molecule has 4 amide bonds.